The first-order valence-electron chi connectivity index (χ1n) is 8.13. The van der Waals surface area contributed by atoms with Gasteiger partial charge in [-0.25, -0.2) is 14.6 Å². The van der Waals surface area contributed by atoms with Crippen molar-refractivity contribution in [2.45, 2.75) is 13.1 Å². The molecule has 2 heterocycles. The lowest BCUT2D eigenvalue weighted by Gasteiger charge is -2.10. The average Bonchev–Trinajstić information content (AvgIpc) is 3.08. The van der Waals surface area contributed by atoms with Crippen LogP contribution in [0.15, 0.2) is 55.0 Å². The number of fused-ring (bicyclic) bond motifs is 1. The van der Waals surface area contributed by atoms with Crippen LogP contribution in [0, 0.1) is 6.92 Å². The largest absolute Gasteiger partial charge is 0.438 e. The number of aromatic nitrogens is 4. The van der Waals surface area contributed by atoms with Crippen LogP contribution in [-0.4, -0.2) is 19.7 Å². The molecule has 0 aliphatic rings. The van der Waals surface area contributed by atoms with Crippen molar-refractivity contribution in [3.8, 4) is 17.3 Å². The van der Waals surface area contributed by atoms with E-state index >= 15 is 0 Å². The maximum atomic E-state index is 12.9. The summed E-state index contributed by atoms with van der Waals surface area (Å²) in [6, 6.07) is 9.96. The molecule has 4 rings (SSSR count). The summed E-state index contributed by atoms with van der Waals surface area (Å²) in [6.45, 7) is 1.90. The zero-order valence-corrected chi connectivity index (χ0v) is 15.2. The van der Waals surface area contributed by atoms with E-state index in [1.165, 1.54) is 24.7 Å². The highest BCUT2D eigenvalue weighted by Crippen LogP contribution is 2.34. The molecule has 0 N–H and O–H groups in total. The molecule has 142 valence electrons. The molecule has 9 heteroatoms. The van der Waals surface area contributed by atoms with Crippen LogP contribution < -0.4 is 4.74 Å². The number of hydrogen-bond donors (Lipinski definition) is 0. The summed E-state index contributed by atoms with van der Waals surface area (Å²) in [4.78, 5) is 8.28. The number of ether oxygens (including phenoxy) is 1. The Balaban J connectivity index is 1.77. The van der Waals surface area contributed by atoms with E-state index in [-0.39, 0.29) is 11.6 Å². The zero-order chi connectivity index (χ0) is 19.9. The van der Waals surface area contributed by atoms with Gasteiger partial charge in [0.1, 0.15) is 17.5 Å². The molecule has 0 saturated carbocycles. The molecule has 0 saturated heterocycles. The van der Waals surface area contributed by atoms with E-state index in [0.717, 1.165) is 23.4 Å². The molecule has 4 aromatic rings. The van der Waals surface area contributed by atoms with Gasteiger partial charge in [-0.05, 0) is 42.8 Å². The van der Waals surface area contributed by atoms with Crippen LogP contribution in [0.3, 0.4) is 0 Å². The monoisotopic (exact) mass is 404 g/mol. The molecule has 2 aromatic heterocycles. The molecule has 5 nitrogen and oxygen atoms in total. The number of nitrogens with zero attached hydrogens (tertiary/aromatic N) is 4. The molecule has 0 bridgehead atoms. The van der Waals surface area contributed by atoms with Crippen LogP contribution in [0.4, 0.5) is 13.2 Å². The van der Waals surface area contributed by atoms with Gasteiger partial charge in [0.05, 0.1) is 17.4 Å². The number of hydrogen-bond acceptors (Lipinski definition) is 4. The molecule has 2 aromatic carbocycles. The van der Waals surface area contributed by atoms with Crippen molar-refractivity contribution in [3.05, 3.63) is 71.1 Å². The smallest absolute Gasteiger partial charge is 0.416 e. The summed E-state index contributed by atoms with van der Waals surface area (Å²) in [6.07, 6.45) is -1.70. The van der Waals surface area contributed by atoms with Gasteiger partial charge in [0.15, 0.2) is 5.65 Å². The highest BCUT2D eigenvalue weighted by atomic mass is 35.5. The third-order valence-corrected chi connectivity index (χ3v) is 4.34. The fraction of sp³-hybridized carbons (Fsp3) is 0.105. The third-order valence-electron chi connectivity index (χ3n) is 4.10. The number of aryl methyl sites for hydroxylation is 1. The number of benzene rings is 2. The van der Waals surface area contributed by atoms with Crippen molar-refractivity contribution in [1.29, 1.82) is 0 Å². The molecular formula is C19H12ClF3N4O. The fourth-order valence-corrected chi connectivity index (χ4v) is 2.90. The quantitative estimate of drug-likeness (QED) is 0.446. The Labute approximate surface area is 162 Å². The molecular weight excluding hydrogens is 393 g/mol. The summed E-state index contributed by atoms with van der Waals surface area (Å²) in [5.74, 6) is 0.122. The van der Waals surface area contributed by atoms with Crippen molar-refractivity contribution >= 4 is 22.6 Å². The van der Waals surface area contributed by atoms with Crippen LogP contribution in [0.25, 0.3) is 16.7 Å². The van der Waals surface area contributed by atoms with Crippen LogP contribution >= 0.6 is 11.6 Å². The predicted molar refractivity (Wildman–Crippen MR) is 97.9 cm³/mol. The maximum absolute atomic E-state index is 12.9. The van der Waals surface area contributed by atoms with E-state index in [4.69, 9.17) is 16.3 Å². The van der Waals surface area contributed by atoms with Crippen LogP contribution in [0.1, 0.15) is 11.1 Å². The van der Waals surface area contributed by atoms with Crippen LogP contribution in [0.5, 0.6) is 11.6 Å². The summed E-state index contributed by atoms with van der Waals surface area (Å²) < 4.78 is 45.9. The first-order chi connectivity index (χ1) is 13.3. The Kier molecular flexibility index (Phi) is 4.43. The molecule has 0 fully saturated rings. The second kappa shape index (κ2) is 6.79. The van der Waals surface area contributed by atoms with Gasteiger partial charge >= 0.3 is 6.18 Å². The van der Waals surface area contributed by atoms with Gasteiger partial charge in [0, 0.05) is 5.02 Å². The number of alkyl halides is 3. The molecule has 0 atom stereocenters. The van der Waals surface area contributed by atoms with Gasteiger partial charge < -0.3 is 4.74 Å². The average molecular weight is 405 g/mol. The molecule has 0 unspecified atom stereocenters. The Hall–Kier alpha value is -3.13. The number of halogens is 4. The lowest BCUT2D eigenvalue weighted by Crippen LogP contribution is -2.04. The van der Waals surface area contributed by atoms with E-state index in [9.17, 15) is 13.2 Å². The Morgan fingerprint density at radius 2 is 1.89 bits per heavy atom. The zero-order valence-electron chi connectivity index (χ0n) is 14.4. The summed E-state index contributed by atoms with van der Waals surface area (Å²) >= 11 is 6.08. The molecule has 28 heavy (non-hydrogen) atoms. The van der Waals surface area contributed by atoms with Crippen LogP contribution in [0.2, 0.25) is 5.02 Å². The van der Waals surface area contributed by atoms with Crippen molar-refractivity contribution < 1.29 is 17.9 Å². The molecule has 0 spiro atoms. The van der Waals surface area contributed by atoms with Crippen molar-refractivity contribution in [2.24, 2.45) is 0 Å². The number of rotatable bonds is 3. The minimum atomic E-state index is -4.46. The van der Waals surface area contributed by atoms with Gasteiger partial charge in [-0.15, -0.1) is 0 Å². The standard InChI is InChI=1S/C19H12ClF3N4O/c1-11-5-6-13(20)8-16(11)27-17-15(9-26-27)18(25-10-24-17)28-14-4-2-3-12(7-14)19(21,22)23/h2-10H,1H3. The normalized spacial score (nSPS) is 11.8. The van der Waals surface area contributed by atoms with E-state index in [1.807, 2.05) is 13.0 Å². The molecule has 0 radical (unpaired) electrons. The summed E-state index contributed by atoms with van der Waals surface area (Å²) in [5, 5.41) is 5.32. The van der Waals surface area contributed by atoms with Gasteiger partial charge in [-0.1, -0.05) is 23.7 Å². The third kappa shape index (κ3) is 3.38. The lowest BCUT2D eigenvalue weighted by atomic mass is 10.2. The van der Waals surface area contributed by atoms with E-state index in [2.05, 4.69) is 15.1 Å². The SMILES string of the molecule is Cc1ccc(Cl)cc1-n1ncc2c(Oc3cccc(C(F)(F)F)c3)ncnc21. The Morgan fingerprint density at radius 1 is 1.07 bits per heavy atom. The summed E-state index contributed by atoms with van der Waals surface area (Å²) in [5.41, 5.74) is 1.29. The minimum Gasteiger partial charge on any atom is -0.438 e. The molecule has 0 amide bonds. The second-order valence-electron chi connectivity index (χ2n) is 6.03. The Morgan fingerprint density at radius 3 is 2.68 bits per heavy atom. The van der Waals surface area contributed by atoms with E-state index in [0.29, 0.717) is 16.1 Å². The predicted octanol–water partition coefficient (Wildman–Crippen LogP) is 5.59. The fourth-order valence-electron chi connectivity index (χ4n) is 2.74. The highest BCUT2D eigenvalue weighted by Gasteiger charge is 2.30. The summed E-state index contributed by atoms with van der Waals surface area (Å²) in [7, 11) is 0. The minimum absolute atomic E-state index is 0.0153. The first-order valence-corrected chi connectivity index (χ1v) is 8.51. The van der Waals surface area contributed by atoms with Crippen molar-refractivity contribution in [3.63, 3.8) is 0 Å². The Bertz CT molecular complexity index is 1170. The molecule has 0 aliphatic heterocycles. The van der Waals surface area contributed by atoms with Gasteiger partial charge in [-0.2, -0.15) is 18.3 Å². The highest BCUT2D eigenvalue weighted by molar-refractivity contribution is 6.30. The second-order valence-corrected chi connectivity index (χ2v) is 6.47. The van der Waals surface area contributed by atoms with Gasteiger partial charge in [-0.3, -0.25) is 0 Å². The van der Waals surface area contributed by atoms with Crippen molar-refractivity contribution in [2.75, 3.05) is 0 Å². The van der Waals surface area contributed by atoms with Crippen LogP contribution in [-0.2, 0) is 6.18 Å². The lowest BCUT2D eigenvalue weighted by molar-refractivity contribution is -0.137. The topological polar surface area (TPSA) is 52.8 Å². The first kappa shape index (κ1) is 18.2. The molecule has 0 aliphatic carbocycles. The van der Waals surface area contributed by atoms with Gasteiger partial charge in [0.25, 0.3) is 0 Å². The van der Waals surface area contributed by atoms with E-state index in [1.54, 1.807) is 16.8 Å². The van der Waals surface area contributed by atoms with E-state index < -0.39 is 11.7 Å². The maximum Gasteiger partial charge on any atom is 0.416 e. The van der Waals surface area contributed by atoms with Gasteiger partial charge in [0.2, 0.25) is 5.88 Å². The van der Waals surface area contributed by atoms with Crippen molar-refractivity contribution in [1.82, 2.24) is 19.7 Å².